The Morgan fingerprint density at radius 2 is 1.95 bits per heavy atom. The van der Waals surface area contributed by atoms with E-state index in [1.165, 1.54) is 11.3 Å². The first-order chi connectivity index (χ1) is 9.54. The minimum atomic E-state index is -0.885. The number of nitrogens with zero attached hydrogens (tertiary/aromatic N) is 2. The first-order valence-electron chi connectivity index (χ1n) is 5.65. The molecule has 1 heterocycles. The normalized spacial score (nSPS) is 10.2. The molecule has 0 unspecified atom stereocenters. The summed E-state index contributed by atoms with van der Waals surface area (Å²) in [5.41, 5.74) is 0.535. The van der Waals surface area contributed by atoms with E-state index in [1.807, 2.05) is 12.1 Å². The molecule has 0 saturated carbocycles. The zero-order valence-corrected chi connectivity index (χ0v) is 13.1. The summed E-state index contributed by atoms with van der Waals surface area (Å²) in [6, 6.07) is 7.13. The molecule has 2 N–H and O–H groups in total. The number of aromatic nitrogens is 2. The molecular formula is C12H10IN3O3S. The second-order valence-electron chi connectivity index (χ2n) is 3.86. The van der Waals surface area contributed by atoms with E-state index in [9.17, 15) is 9.59 Å². The number of hydrogen-bond donors (Lipinski definition) is 2. The van der Waals surface area contributed by atoms with E-state index in [4.69, 9.17) is 5.11 Å². The number of aliphatic carboxylic acids is 1. The molecule has 0 aliphatic rings. The lowest BCUT2D eigenvalue weighted by Crippen LogP contribution is -2.11. The highest BCUT2D eigenvalue weighted by atomic mass is 127. The number of rotatable bonds is 5. The molecule has 0 atom stereocenters. The number of hydrogen-bond acceptors (Lipinski definition) is 5. The van der Waals surface area contributed by atoms with Gasteiger partial charge in [-0.1, -0.05) is 11.3 Å². The van der Waals surface area contributed by atoms with E-state index >= 15 is 0 Å². The Morgan fingerprint density at radius 1 is 1.25 bits per heavy atom. The van der Waals surface area contributed by atoms with Gasteiger partial charge in [-0.05, 0) is 46.9 Å². The predicted octanol–water partition coefficient (Wildman–Crippen LogP) is 2.41. The molecule has 104 valence electrons. The van der Waals surface area contributed by atoms with E-state index < -0.39 is 5.97 Å². The molecular weight excluding hydrogens is 393 g/mol. The van der Waals surface area contributed by atoms with Gasteiger partial charge in [0.05, 0.1) is 6.42 Å². The zero-order chi connectivity index (χ0) is 14.5. The van der Waals surface area contributed by atoms with Crippen molar-refractivity contribution < 1.29 is 14.7 Å². The smallest absolute Gasteiger partial charge is 0.303 e. The molecule has 1 aromatic heterocycles. The summed E-state index contributed by atoms with van der Waals surface area (Å²) >= 11 is 3.34. The van der Waals surface area contributed by atoms with Crippen LogP contribution in [-0.2, 0) is 11.2 Å². The van der Waals surface area contributed by atoms with E-state index in [2.05, 4.69) is 38.1 Å². The number of carboxylic acids is 1. The number of amides is 1. The Bertz CT molecular complexity index is 627. The van der Waals surface area contributed by atoms with Crippen molar-refractivity contribution in [2.75, 3.05) is 5.32 Å². The first kappa shape index (κ1) is 14.9. The maximum Gasteiger partial charge on any atom is 0.303 e. The number of carbonyl (C=O) groups excluding carboxylic acids is 1. The average Bonchev–Trinajstić information content (AvgIpc) is 2.84. The quantitative estimate of drug-likeness (QED) is 0.749. The van der Waals surface area contributed by atoms with Crippen molar-refractivity contribution in [3.63, 3.8) is 0 Å². The minimum absolute atomic E-state index is 0.000296. The third kappa shape index (κ3) is 4.23. The molecule has 8 heteroatoms. The Morgan fingerprint density at radius 3 is 2.60 bits per heavy atom. The van der Waals surface area contributed by atoms with Gasteiger partial charge in [0, 0.05) is 15.6 Å². The third-order valence-corrected chi connectivity index (χ3v) is 3.96. The van der Waals surface area contributed by atoms with Gasteiger partial charge < -0.3 is 5.11 Å². The number of anilines is 1. The van der Waals surface area contributed by atoms with Gasteiger partial charge in [-0.25, -0.2) is 0 Å². The molecule has 1 aromatic carbocycles. The maximum absolute atomic E-state index is 11.9. The molecule has 20 heavy (non-hydrogen) atoms. The number of benzene rings is 1. The summed E-state index contributed by atoms with van der Waals surface area (Å²) in [6.07, 6.45) is 0.312. The summed E-state index contributed by atoms with van der Waals surface area (Å²) in [5, 5.41) is 19.8. The van der Waals surface area contributed by atoms with Crippen LogP contribution in [0.5, 0.6) is 0 Å². The van der Waals surface area contributed by atoms with Gasteiger partial charge in [-0.15, -0.1) is 10.2 Å². The van der Waals surface area contributed by atoms with E-state index in [1.54, 1.807) is 12.1 Å². The number of aryl methyl sites for hydroxylation is 1. The van der Waals surface area contributed by atoms with Gasteiger partial charge in [0.15, 0.2) is 0 Å². The van der Waals surface area contributed by atoms with Crippen LogP contribution in [0.4, 0.5) is 5.13 Å². The van der Waals surface area contributed by atoms with Crippen LogP contribution in [-0.4, -0.2) is 27.2 Å². The monoisotopic (exact) mass is 403 g/mol. The van der Waals surface area contributed by atoms with Crippen molar-refractivity contribution in [3.05, 3.63) is 38.4 Å². The molecule has 0 spiro atoms. The van der Waals surface area contributed by atoms with Gasteiger partial charge in [-0.3, -0.25) is 14.9 Å². The van der Waals surface area contributed by atoms with Gasteiger partial charge in [-0.2, -0.15) is 0 Å². The first-order valence-corrected chi connectivity index (χ1v) is 7.55. The van der Waals surface area contributed by atoms with Crippen molar-refractivity contribution in [2.24, 2.45) is 0 Å². The number of carboxylic acid groups (broad SMARTS) is 1. The van der Waals surface area contributed by atoms with Crippen LogP contribution in [0.15, 0.2) is 24.3 Å². The lowest BCUT2D eigenvalue weighted by molar-refractivity contribution is -0.136. The highest BCUT2D eigenvalue weighted by molar-refractivity contribution is 14.1. The standard InChI is InChI=1S/C12H10IN3O3S/c13-8-3-1-7(2-4-8)11(19)14-12-16-15-9(20-12)5-6-10(17)18/h1-4H,5-6H2,(H,17,18)(H,14,16,19). The van der Waals surface area contributed by atoms with E-state index in [-0.39, 0.29) is 12.3 Å². The largest absolute Gasteiger partial charge is 0.481 e. The number of carbonyl (C=O) groups is 2. The minimum Gasteiger partial charge on any atom is -0.481 e. The van der Waals surface area contributed by atoms with Crippen LogP contribution in [0.3, 0.4) is 0 Å². The maximum atomic E-state index is 11.9. The molecule has 1 amide bonds. The van der Waals surface area contributed by atoms with E-state index in [0.717, 1.165) is 3.57 Å². The lowest BCUT2D eigenvalue weighted by atomic mass is 10.2. The molecule has 0 saturated heterocycles. The summed E-state index contributed by atoms with van der Waals surface area (Å²) in [4.78, 5) is 22.4. The van der Waals surface area contributed by atoms with Crippen LogP contribution in [0, 0.1) is 3.57 Å². The Balaban J connectivity index is 1.97. The predicted molar refractivity (Wildman–Crippen MR) is 83.0 cm³/mol. The molecule has 2 rings (SSSR count). The van der Waals surface area contributed by atoms with Crippen molar-refractivity contribution in [1.82, 2.24) is 10.2 Å². The lowest BCUT2D eigenvalue weighted by Gasteiger charge is -2.00. The van der Waals surface area contributed by atoms with Crippen molar-refractivity contribution in [3.8, 4) is 0 Å². The topological polar surface area (TPSA) is 92.2 Å². The van der Waals surface area contributed by atoms with Crippen LogP contribution >= 0.6 is 33.9 Å². The molecule has 0 bridgehead atoms. The van der Waals surface area contributed by atoms with Gasteiger partial charge in [0.1, 0.15) is 5.01 Å². The molecule has 0 aliphatic heterocycles. The summed E-state index contributed by atoms with van der Waals surface area (Å²) in [6.45, 7) is 0. The Hall–Kier alpha value is -1.55. The fourth-order valence-corrected chi connectivity index (χ4v) is 2.48. The van der Waals surface area contributed by atoms with Crippen molar-refractivity contribution in [2.45, 2.75) is 12.8 Å². The third-order valence-electron chi connectivity index (χ3n) is 2.35. The molecule has 0 aliphatic carbocycles. The summed E-state index contributed by atoms with van der Waals surface area (Å²) < 4.78 is 1.05. The average molecular weight is 403 g/mol. The van der Waals surface area contributed by atoms with Crippen LogP contribution in [0.2, 0.25) is 0 Å². The van der Waals surface area contributed by atoms with Crippen LogP contribution in [0.1, 0.15) is 21.8 Å². The fourth-order valence-electron chi connectivity index (χ4n) is 1.39. The SMILES string of the molecule is O=C(O)CCc1nnc(NC(=O)c2ccc(I)cc2)s1. The zero-order valence-electron chi connectivity index (χ0n) is 10.2. The fraction of sp³-hybridized carbons (Fsp3) is 0.167. The van der Waals surface area contributed by atoms with E-state index in [0.29, 0.717) is 22.1 Å². The highest BCUT2D eigenvalue weighted by Gasteiger charge is 2.10. The molecule has 0 fully saturated rings. The van der Waals surface area contributed by atoms with Gasteiger partial charge in [0.2, 0.25) is 5.13 Å². The Labute approximate surface area is 132 Å². The second kappa shape index (κ2) is 6.75. The molecule has 6 nitrogen and oxygen atoms in total. The number of halogens is 1. The number of nitrogens with one attached hydrogen (secondary N) is 1. The van der Waals surface area contributed by atoms with Gasteiger partial charge in [0.25, 0.3) is 5.91 Å². The Kier molecular flexibility index (Phi) is 5.01. The highest BCUT2D eigenvalue weighted by Crippen LogP contribution is 2.17. The second-order valence-corrected chi connectivity index (χ2v) is 6.16. The van der Waals surface area contributed by atoms with Crippen LogP contribution in [0.25, 0.3) is 0 Å². The van der Waals surface area contributed by atoms with Crippen molar-refractivity contribution in [1.29, 1.82) is 0 Å². The summed E-state index contributed by atoms with van der Waals surface area (Å²) in [7, 11) is 0. The molecule has 2 aromatic rings. The van der Waals surface area contributed by atoms with Gasteiger partial charge >= 0.3 is 5.97 Å². The van der Waals surface area contributed by atoms with Crippen molar-refractivity contribution >= 4 is 50.9 Å². The van der Waals surface area contributed by atoms with Crippen LogP contribution < -0.4 is 5.32 Å². The summed E-state index contributed by atoms with van der Waals surface area (Å²) in [5.74, 6) is -1.15. The molecule has 0 radical (unpaired) electrons.